The SMILES string of the molecule is CC(=O)c1c(O)n(-c2ccccc2C)[nH]c1=O. The van der Waals surface area contributed by atoms with Crippen molar-refractivity contribution in [3.8, 4) is 11.6 Å². The predicted octanol–water partition coefficient (Wildman–Crippen LogP) is 1.38. The highest BCUT2D eigenvalue weighted by molar-refractivity contribution is 5.96. The van der Waals surface area contributed by atoms with Crippen LogP contribution >= 0.6 is 0 Å². The Balaban J connectivity index is 2.71. The molecule has 17 heavy (non-hydrogen) atoms. The first-order valence-corrected chi connectivity index (χ1v) is 5.13. The van der Waals surface area contributed by atoms with Crippen LogP contribution in [0.2, 0.25) is 0 Å². The van der Waals surface area contributed by atoms with Crippen molar-refractivity contribution in [2.24, 2.45) is 0 Å². The van der Waals surface area contributed by atoms with Gasteiger partial charge >= 0.3 is 0 Å². The third-order valence-corrected chi connectivity index (χ3v) is 2.58. The van der Waals surface area contributed by atoms with Crippen molar-refractivity contribution in [2.75, 3.05) is 0 Å². The standard InChI is InChI=1S/C12H12N2O3/c1-7-5-3-4-6-9(7)14-12(17)10(8(2)15)11(16)13-14/h3-6,17H,1-2H3,(H,13,16). The lowest BCUT2D eigenvalue weighted by atomic mass is 10.2. The first-order valence-electron chi connectivity index (χ1n) is 5.13. The number of Topliss-reactive ketones (excluding diaryl/α,β-unsaturated/α-hetero) is 1. The fourth-order valence-corrected chi connectivity index (χ4v) is 1.73. The summed E-state index contributed by atoms with van der Waals surface area (Å²) in [6.07, 6.45) is 0. The monoisotopic (exact) mass is 232 g/mol. The number of carbonyl (C=O) groups is 1. The Morgan fingerprint density at radius 1 is 1.35 bits per heavy atom. The number of hydrogen-bond acceptors (Lipinski definition) is 3. The van der Waals surface area contributed by atoms with Crippen molar-refractivity contribution in [2.45, 2.75) is 13.8 Å². The number of rotatable bonds is 2. The van der Waals surface area contributed by atoms with Gasteiger partial charge in [-0.25, -0.2) is 4.68 Å². The van der Waals surface area contributed by atoms with Gasteiger partial charge in [0.2, 0.25) is 5.88 Å². The Labute approximate surface area is 97.3 Å². The van der Waals surface area contributed by atoms with Crippen LogP contribution in [0.5, 0.6) is 5.88 Å². The molecule has 0 bridgehead atoms. The molecule has 0 aliphatic heterocycles. The number of aromatic nitrogens is 2. The summed E-state index contributed by atoms with van der Waals surface area (Å²) in [5.74, 6) is -0.812. The molecular formula is C12H12N2O3. The summed E-state index contributed by atoms with van der Waals surface area (Å²) in [6, 6.07) is 7.23. The molecule has 0 spiro atoms. The fraction of sp³-hybridized carbons (Fsp3) is 0.167. The van der Waals surface area contributed by atoms with Gasteiger partial charge in [0.05, 0.1) is 5.69 Å². The molecule has 0 amide bonds. The van der Waals surface area contributed by atoms with Crippen LogP contribution in [0.25, 0.3) is 5.69 Å². The highest BCUT2D eigenvalue weighted by Crippen LogP contribution is 2.20. The zero-order valence-electron chi connectivity index (χ0n) is 9.52. The van der Waals surface area contributed by atoms with Crippen LogP contribution in [0.4, 0.5) is 0 Å². The number of nitrogens with zero attached hydrogens (tertiary/aromatic N) is 1. The number of aryl methyl sites for hydroxylation is 1. The van der Waals surface area contributed by atoms with Crippen LogP contribution in [-0.4, -0.2) is 20.7 Å². The Hall–Kier alpha value is -2.30. The summed E-state index contributed by atoms with van der Waals surface area (Å²) >= 11 is 0. The number of ketones is 1. The zero-order chi connectivity index (χ0) is 12.6. The quantitative estimate of drug-likeness (QED) is 0.768. The minimum absolute atomic E-state index is 0.215. The first-order chi connectivity index (χ1) is 8.02. The maximum atomic E-state index is 11.5. The largest absolute Gasteiger partial charge is 0.493 e. The smallest absolute Gasteiger partial charge is 0.279 e. The summed E-state index contributed by atoms with van der Waals surface area (Å²) in [7, 11) is 0. The molecule has 5 nitrogen and oxygen atoms in total. The molecule has 0 unspecified atom stereocenters. The molecule has 1 aromatic heterocycles. The molecule has 0 aliphatic rings. The van der Waals surface area contributed by atoms with Gasteiger partial charge in [0.15, 0.2) is 5.78 Å². The molecule has 1 aromatic carbocycles. The lowest BCUT2D eigenvalue weighted by molar-refractivity contribution is 0.101. The third kappa shape index (κ3) is 1.75. The molecule has 0 atom stereocenters. The van der Waals surface area contributed by atoms with Crippen LogP contribution < -0.4 is 5.56 Å². The van der Waals surface area contributed by atoms with Crippen molar-refractivity contribution in [3.63, 3.8) is 0 Å². The van der Waals surface area contributed by atoms with Gasteiger partial charge in [-0.15, -0.1) is 0 Å². The van der Waals surface area contributed by atoms with Crippen molar-refractivity contribution < 1.29 is 9.90 Å². The molecule has 0 aliphatic carbocycles. The van der Waals surface area contributed by atoms with E-state index in [1.807, 2.05) is 19.1 Å². The van der Waals surface area contributed by atoms with E-state index in [1.165, 1.54) is 11.6 Å². The zero-order valence-corrected chi connectivity index (χ0v) is 9.52. The molecule has 2 N–H and O–H groups in total. The van der Waals surface area contributed by atoms with E-state index in [1.54, 1.807) is 12.1 Å². The lowest BCUT2D eigenvalue weighted by Crippen LogP contribution is -2.10. The van der Waals surface area contributed by atoms with Gasteiger partial charge in [0.25, 0.3) is 5.56 Å². The number of aromatic hydroxyl groups is 1. The van der Waals surface area contributed by atoms with Gasteiger partial charge in [0, 0.05) is 0 Å². The van der Waals surface area contributed by atoms with E-state index >= 15 is 0 Å². The number of H-pyrrole nitrogens is 1. The maximum Gasteiger partial charge on any atom is 0.279 e. The average Bonchev–Trinajstić information content (AvgIpc) is 2.55. The van der Waals surface area contributed by atoms with Gasteiger partial charge in [0.1, 0.15) is 5.56 Å². The first kappa shape index (κ1) is 11.2. The second-order valence-electron chi connectivity index (χ2n) is 3.82. The van der Waals surface area contributed by atoms with E-state index in [-0.39, 0.29) is 11.4 Å². The normalized spacial score (nSPS) is 10.5. The summed E-state index contributed by atoms with van der Waals surface area (Å²) in [4.78, 5) is 22.8. The molecule has 0 fully saturated rings. The lowest BCUT2D eigenvalue weighted by Gasteiger charge is -2.07. The van der Waals surface area contributed by atoms with Crippen molar-refractivity contribution in [1.82, 2.24) is 9.78 Å². The molecule has 0 saturated heterocycles. The summed E-state index contributed by atoms with van der Waals surface area (Å²) < 4.78 is 1.22. The summed E-state index contributed by atoms with van der Waals surface area (Å²) in [5.41, 5.74) is 0.713. The predicted molar refractivity (Wildman–Crippen MR) is 62.8 cm³/mol. The van der Waals surface area contributed by atoms with E-state index in [0.717, 1.165) is 5.56 Å². The molecule has 5 heteroatoms. The second-order valence-corrected chi connectivity index (χ2v) is 3.82. The van der Waals surface area contributed by atoms with E-state index in [0.29, 0.717) is 5.69 Å². The van der Waals surface area contributed by atoms with E-state index in [4.69, 9.17) is 0 Å². The fourth-order valence-electron chi connectivity index (χ4n) is 1.73. The van der Waals surface area contributed by atoms with Crippen molar-refractivity contribution in [3.05, 3.63) is 45.7 Å². The van der Waals surface area contributed by atoms with Gasteiger partial charge in [-0.2, -0.15) is 0 Å². The second kappa shape index (κ2) is 3.93. The van der Waals surface area contributed by atoms with Gasteiger partial charge < -0.3 is 5.11 Å². The Morgan fingerprint density at radius 2 is 2.00 bits per heavy atom. The molecule has 2 rings (SSSR count). The minimum atomic E-state index is -0.585. The van der Waals surface area contributed by atoms with Crippen LogP contribution in [0.1, 0.15) is 22.8 Å². The van der Waals surface area contributed by atoms with Crippen LogP contribution in [-0.2, 0) is 0 Å². The Kier molecular flexibility index (Phi) is 2.59. The van der Waals surface area contributed by atoms with Crippen LogP contribution in [0.15, 0.2) is 29.1 Å². The number of hydrogen-bond donors (Lipinski definition) is 2. The maximum absolute atomic E-state index is 11.5. The minimum Gasteiger partial charge on any atom is -0.493 e. The highest BCUT2D eigenvalue weighted by Gasteiger charge is 2.19. The Bertz CT molecular complexity index is 637. The van der Waals surface area contributed by atoms with E-state index < -0.39 is 11.3 Å². The Morgan fingerprint density at radius 3 is 2.53 bits per heavy atom. The molecule has 0 saturated carbocycles. The highest BCUT2D eigenvalue weighted by atomic mass is 16.3. The molecule has 0 radical (unpaired) electrons. The van der Waals surface area contributed by atoms with Gasteiger partial charge in [-0.3, -0.25) is 14.7 Å². The van der Waals surface area contributed by atoms with Crippen LogP contribution in [0.3, 0.4) is 0 Å². The molecule has 88 valence electrons. The van der Waals surface area contributed by atoms with E-state index in [2.05, 4.69) is 5.10 Å². The number of nitrogens with one attached hydrogen (secondary N) is 1. The van der Waals surface area contributed by atoms with Crippen molar-refractivity contribution >= 4 is 5.78 Å². The molecule has 2 aromatic rings. The third-order valence-electron chi connectivity index (χ3n) is 2.58. The number of para-hydroxylation sites is 1. The van der Waals surface area contributed by atoms with Crippen LogP contribution in [0, 0.1) is 6.92 Å². The van der Waals surface area contributed by atoms with Gasteiger partial charge in [-0.05, 0) is 25.5 Å². The molecular weight excluding hydrogens is 220 g/mol. The topological polar surface area (TPSA) is 75.1 Å². The molecule has 1 heterocycles. The average molecular weight is 232 g/mol. The summed E-state index contributed by atoms with van der Waals surface area (Å²) in [5, 5.41) is 12.3. The van der Waals surface area contributed by atoms with E-state index in [9.17, 15) is 14.7 Å². The number of aromatic amines is 1. The number of carbonyl (C=O) groups excluding carboxylic acids is 1. The van der Waals surface area contributed by atoms with Gasteiger partial charge in [-0.1, -0.05) is 18.2 Å². The summed E-state index contributed by atoms with van der Waals surface area (Å²) in [6.45, 7) is 3.09. The van der Waals surface area contributed by atoms with Crippen molar-refractivity contribution in [1.29, 1.82) is 0 Å². The number of benzene rings is 1.